The van der Waals surface area contributed by atoms with Gasteiger partial charge in [0.05, 0.1) is 6.04 Å². The molecule has 5 heteroatoms. The van der Waals surface area contributed by atoms with Crippen LogP contribution in [0.2, 0.25) is 0 Å². The molecule has 5 nitrogen and oxygen atoms in total. The van der Waals surface area contributed by atoms with Crippen molar-refractivity contribution >= 4 is 11.6 Å². The third-order valence-electron chi connectivity index (χ3n) is 4.09. The smallest absolute Gasteiger partial charge is 0.220 e. The van der Waals surface area contributed by atoms with Crippen LogP contribution in [0.5, 0.6) is 17.2 Å². The van der Waals surface area contributed by atoms with Crippen LogP contribution >= 0.6 is 0 Å². The zero-order chi connectivity index (χ0) is 17.6. The monoisotopic (exact) mass is 338 g/mol. The maximum atomic E-state index is 11.2. The van der Waals surface area contributed by atoms with Crippen LogP contribution in [0.15, 0.2) is 54.6 Å². The molecule has 3 N–H and O–H groups in total. The van der Waals surface area contributed by atoms with Crippen LogP contribution in [0.25, 0.3) is 5.70 Å². The van der Waals surface area contributed by atoms with Gasteiger partial charge in [0, 0.05) is 12.1 Å². The molecule has 1 heterocycles. The summed E-state index contributed by atoms with van der Waals surface area (Å²) in [4.78, 5) is 11.2. The Morgan fingerprint density at radius 1 is 1.12 bits per heavy atom. The molecule has 1 aliphatic rings. The SMILES string of the molecule is C/C=C(\N)c1ccc(Oc2ccc(OC[C@H]3CCC(=O)N3)cc2)cc1. The lowest BCUT2D eigenvalue weighted by Crippen LogP contribution is -2.30. The van der Waals surface area contributed by atoms with Gasteiger partial charge in [-0.25, -0.2) is 0 Å². The van der Waals surface area contributed by atoms with E-state index in [0.717, 1.165) is 34.9 Å². The van der Waals surface area contributed by atoms with Gasteiger partial charge in [-0.1, -0.05) is 6.08 Å². The van der Waals surface area contributed by atoms with E-state index in [4.69, 9.17) is 15.2 Å². The summed E-state index contributed by atoms with van der Waals surface area (Å²) in [5, 5.41) is 2.88. The van der Waals surface area contributed by atoms with Crippen LogP contribution in [0.3, 0.4) is 0 Å². The van der Waals surface area contributed by atoms with E-state index >= 15 is 0 Å². The first-order chi connectivity index (χ1) is 12.1. The number of hydrogen-bond donors (Lipinski definition) is 2. The van der Waals surface area contributed by atoms with Crippen molar-refractivity contribution in [3.8, 4) is 17.2 Å². The van der Waals surface area contributed by atoms with E-state index in [9.17, 15) is 4.79 Å². The second-order valence-electron chi connectivity index (χ2n) is 5.96. The minimum Gasteiger partial charge on any atom is -0.491 e. The highest BCUT2D eigenvalue weighted by Crippen LogP contribution is 2.25. The molecular weight excluding hydrogens is 316 g/mol. The van der Waals surface area contributed by atoms with Crippen molar-refractivity contribution in [3.63, 3.8) is 0 Å². The molecule has 0 spiro atoms. The van der Waals surface area contributed by atoms with Crippen LogP contribution in [0.1, 0.15) is 25.3 Å². The largest absolute Gasteiger partial charge is 0.491 e. The Hall–Kier alpha value is -2.95. The predicted octanol–water partition coefficient (Wildman–Crippen LogP) is 3.46. The highest BCUT2D eigenvalue weighted by Gasteiger charge is 2.20. The molecule has 0 aromatic heterocycles. The molecule has 2 aromatic carbocycles. The number of rotatable bonds is 6. The minimum absolute atomic E-state index is 0.0968. The Kier molecular flexibility index (Phi) is 5.23. The molecule has 1 saturated heterocycles. The molecule has 0 unspecified atom stereocenters. The van der Waals surface area contributed by atoms with E-state index in [1.54, 1.807) is 0 Å². The Morgan fingerprint density at radius 3 is 2.28 bits per heavy atom. The van der Waals surface area contributed by atoms with Crippen LogP contribution < -0.4 is 20.5 Å². The van der Waals surface area contributed by atoms with Gasteiger partial charge in [0.2, 0.25) is 5.91 Å². The van der Waals surface area contributed by atoms with Crippen molar-refractivity contribution < 1.29 is 14.3 Å². The van der Waals surface area contributed by atoms with Gasteiger partial charge in [-0.2, -0.15) is 0 Å². The lowest BCUT2D eigenvalue weighted by atomic mass is 10.1. The number of carbonyl (C=O) groups excluding carboxylic acids is 1. The third kappa shape index (κ3) is 4.53. The van der Waals surface area contributed by atoms with Crippen LogP contribution in [-0.4, -0.2) is 18.6 Å². The highest BCUT2D eigenvalue weighted by atomic mass is 16.5. The van der Waals surface area contributed by atoms with Crippen molar-refractivity contribution in [1.82, 2.24) is 5.32 Å². The Morgan fingerprint density at radius 2 is 1.72 bits per heavy atom. The van der Waals surface area contributed by atoms with Crippen molar-refractivity contribution in [3.05, 3.63) is 60.2 Å². The number of ether oxygens (including phenoxy) is 2. The Labute approximate surface area is 147 Å². The van der Waals surface area contributed by atoms with Gasteiger partial charge in [0.25, 0.3) is 0 Å². The van der Waals surface area contributed by atoms with Crippen LogP contribution in [0.4, 0.5) is 0 Å². The summed E-state index contributed by atoms with van der Waals surface area (Å²) < 4.78 is 11.5. The second-order valence-corrected chi connectivity index (χ2v) is 5.96. The van der Waals surface area contributed by atoms with Crippen LogP contribution in [0, 0.1) is 0 Å². The predicted molar refractivity (Wildman–Crippen MR) is 97.5 cm³/mol. The quantitative estimate of drug-likeness (QED) is 0.846. The van der Waals surface area contributed by atoms with E-state index in [-0.39, 0.29) is 11.9 Å². The van der Waals surface area contributed by atoms with E-state index in [0.29, 0.717) is 13.0 Å². The number of carbonyl (C=O) groups is 1. The lowest BCUT2D eigenvalue weighted by molar-refractivity contribution is -0.119. The summed E-state index contributed by atoms with van der Waals surface area (Å²) in [6.45, 7) is 2.39. The van der Waals surface area contributed by atoms with E-state index in [1.807, 2.05) is 61.5 Å². The first kappa shape index (κ1) is 16.9. The fraction of sp³-hybridized carbons (Fsp3) is 0.250. The van der Waals surface area contributed by atoms with E-state index in [2.05, 4.69) is 5.32 Å². The maximum absolute atomic E-state index is 11.2. The van der Waals surface area contributed by atoms with Gasteiger partial charge >= 0.3 is 0 Å². The summed E-state index contributed by atoms with van der Waals surface area (Å²) in [6.07, 6.45) is 3.28. The fourth-order valence-corrected chi connectivity index (χ4v) is 2.62. The van der Waals surface area contributed by atoms with Gasteiger partial charge in [0.15, 0.2) is 0 Å². The standard InChI is InChI=1S/C20H22N2O3/c1-2-19(21)14-3-6-17(7-4-14)25-18-10-8-16(9-11-18)24-13-15-5-12-20(23)22-15/h2-4,6-11,15H,5,12-13,21H2,1H3,(H,22,23)/b19-2-/t15-/m1/s1. The molecule has 1 atom stereocenters. The minimum atomic E-state index is 0.0968. The van der Waals surface area contributed by atoms with Crippen molar-refractivity contribution in [1.29, 1.82) is 0 Å². The topological polar surface area (TPSA) is 73.6 Å². The normalized spacial score (nSPS) is 17.2. The van der Waals surface area contributed by atoms with Crippen LogP contribution in [-0.2, 0) is 4.79 Å². The van der Waals surface area contributed by atoms with Crippen molar-refractivity contribution in [2.24, 2.45) is 5.73 Å². The summed E-state index contributed by atoms with van der Waals surface area (Å²) in [5.41, 5.74) is 7.59. The van der Waals surface area contributed by atoms with Gasteiger partial charge in [0.1, 0.15) is 23.9 Å². The molecule has 0 aliphatic carbocycles. The van der Waals surface area contributed by atoms with Gasteiger partial charge in [-0.3, -0.25) is 4.79 Å². The molecule has 25 heavy (non-hydrogen) atoms. The zero-order valence-electron chi connectivity index (χ0n) is 14.2. The Bertz CT molecular complexity index is 752. The summed E-state index contributed by atoms with van der Waals surface area (Å²) in [7, 11) is 0. The first-order valence-corrected chi connectivity index (χ1v) is 8.36. The molecule has 1 aliphatic heterocycles. The summed E-state index contributed by atoms with van der Waals surface area (Å²) in [6, 6.07) is 15.2. The third-order valence-corrected chi connectivity index (χ3v) is 4.09. The number of benzene rings is 2. The molecule has 130 valence electrons. The number of hydrogen-bond acceptors (Lipinski definition) is 4. The molecule has 1 amide bonds. The number of allylic oxidation sites excluding steroid dienone is 1. The van der Waals surface area contributed by atoms with Crippen molar-refractivity contribution in [2.75, 3.05) is 6.61 Å². The average molecular weight is 338 g/mol. The molecule has 3 rings (SSSR count). The van der Waals surface area contributed by atoms with Gasteiger partial charge in [-0.05, 0) is 67.4 Å². The molecule has 0 bridgehead atoms. The fourth-order valence-electron chi connectivity index (χ4n) is 2.62. The maximum Gasteiger partial charge on any atom is 0.220 e. The molecule has 1 fully saturated rings. The number of nitrogens with two attached hydrogens (primary N) is 1. The molecular formula is C20H22N2O3. The number of amides is 1. The summed E-state index contributed by atoms with van der Waals surface area (Å²) >= 11 is 0. The van der Waals surface area contributed by atoms with E-state index in [1.165, 1.54) is 0 Å². The average Bonchev–Trinajstić information content (AvgIpc) is 3.06. The molecule has 2 aromatic rings. The highest BCUT2D eigenvalue weighted by molar-refractivity contribution is 5.78. The molecule has 0 radical (unpaired) electrons. The Balaban J connectivity index is 1.54. The lowest BCUT2D eigenvalue weighted by Gasteiger charge is -2.12. The molecule has 0 saturated carbocycles. The second kappa shape index (κ2) is 7.75. The first-order valence-electron chi connectivity index (χ1n) is 8.36. The van der Waals surface area contributed by atoms with Crippen molar-refractivity contribution in [2.45, 2.75) is 25.8 Å². The zero-order valence-corrected chi connectivity index (χ0v) is 14.2. The van der Waals surface area contributed by atoms with Gasteiger partial charge in [-0.15, -0.1) is 0 Å². The van der Waals surface area contributed by atoms with Gasteiger partial charge < -0.3 is 20.5 Å². The summed E-state index contributed by atoms with van der Waals surface area (Å²) in [5.74, 6) is 2.33. The number of nitrogens with one attached hydrogen (secondary N) is 1. The van der Waals surface area contributed by atoms with E-state index < -0.39 is 0 Å².